The lowest BCUT2D eigenvalue weighted by atomic mass is 10.2. The minimum atomic E-state index is 0.285. The van der Waals surface area contributed by atoms with Crippen molar-refractivity contribution in [1.82, 2.24) is 20.2 Å². The van der Waals surface area contributed by atoms with Crippen molar-refractivity contribution in [1.29, 1.82) is 0 Å². The van der Waals surface area contributed by atoms with Gasteiger partial charge in [-0.1, -0.05) is 11.2 Å². The monoisotopic (exact) mass is 285 g/mol. The van der Waals surface area contributed by atoms with Gasteiger partial charge in [-0.05, 0) is 23.8 Å². The summed E-state index contributed by atoms with van der Waals surface area (Å²) in [4.78, 5) is 0. The zero-order chi connectivity index (χ0) is 14.2. The maximum absolute atomic E-state index is 5.36. The van der Waals surface area contributed by atoms with Crippen LogP contribution in [0.5, 0.6) is 11.5 Å². The quantitative estimate of drug-likeness (QED) is 0.697. The molecule has 4 rings (SSSR count). The molecule has 1 N–H and O–H groups in total. The first-order valence-corrected chi connectivity index (χ1v) is 6.51. The summed E-state index contributed by atoms with van der Waals surface area (Å²) < 4.78 is 13.8. The summed E-state index contributed by atoms with van der Waals surface area (Å²) in [6, 6.07) is 9.67. The second-order valence-electron chi connectivity index (χ2n) is 4.71. The highest BCUT2D eigenvalue weighted by molar-refractivity contribution is 5.46. The van der Waals surface area contributed by atoms with Crippen molar-refractivity contribution in [3.05, 3.63) is 35.9 Å². The molecule has 2 aromatic heterocycles. The molecule has 3 heterocycles. The largest absolute Gasteiger partial charge is 0.454 e. The van der Waals surface area contributed by atoms with Gasteiger partial charge >= 0.3 is 5.65 Å². The third-order valence-electron chi connectivity index (χ3n) is 3.30. The lowest BCUT2D eigenvalue weighted by molar-refractivity contribution is -0.707. The number of aryl methyl sites for hydroxylation is 1. The minimum Gasteiger partial charge on any atom is -0.454 e. The molecule has 0 spiro atoms. The second kappa shape index (κ2) is 4.58. The molecule has 106 valence electrons. The summed E-state index contributed by atoms with van der Waals surface area (Å²) in [5.41, 5.74) is 1.91. The van der Waals surface area contributed by atoms with Crippen LogP contribution in [0.1, 0.15) is 5.56 Å². The van der Waals surface area contributed by atoms with E-state index in [9.17, 15) is 0 Å². The van der Waals surface area contributed by atoms with Gasteiger partial charge in [0.15, 0.2) is 22.5 Å². The molecule has 0 bridgehead atoms. The third-order valence-corrected chi connectivity index (χ3v) is 3.30. The maximum atomic E-state index is 5.36. The first-order chi connectivity index (χ1) is 10.3. The average Bonchev–Trinajstić information content (AvgIpc) is 3.11. The van der Waals surface area contributed by atoms with Crippen molar-refractivity contribution in [2.24, 2.45) is 7.05 Å². The van der Waals surface area contributed by atoms with Gasteiger partial charge in [0, 0.05) is 17.2 Å². The van der Waals surface area contributed by atoms with E-state index < -0.39 is 0 Å². The van der Waals surface area contributed by atoms with Crippen molar-refractivity contribution < 1.29 is 14.2 Å². The van der Waals surface area contributed by atoms with E-state index >= 15 is 0 Å². The van der Waals surface area contributed by atoms with Gasteiger partial charge in [-0.25, -0.2) is 0 Å². The number of anilines is 1. The van der Waals surface area contributed by atoms with E-state index in [1.54, 1.807) is 4.68 Å². The number of nitrogens with zero attached hydrogens (tertiary/aromatic N) is 5. The number of ether oxygens (including phenoxy) is 2. The van der Waals surface area contributed by atoms with Gasteiger partial charge in [-0.15, -0.1) is 4.68 Å². The van der Waals surface area contributed by atoms with Crippen LogP contribution in [-0.2, 0) is 13.6 Å². The van der Waals surface area contributed by atoms with Crippen LogP contribution in [0.4, 0.5) is 5.82 Å². The lowest BCUT2D eigenvalue weighted by Gasteiger charge is -2.05. The van der Waals surface area contributed by atoms with E-state index in [2.05, 4.69) is 20.8 Å². The Morgan fingerprint density at radius 1 is 1.24 bits per heavy atom. The van der Waals surface area contributed by atoms with E-state index in [4.69, 9.17) is 9.47 Å². The zero-order valence-corrected chi connectivity index (χ0v) is 11.4. The average molecular weight is 285 g/mol. The highest BCUT2D eigenvalue weighted by atomic mass is 16.7. The SMILES string of the molecule is C[n+]1nnn2nc(NCc3ccc4c(c3)OCO4)ccc21. The van der Waals surface area contributed by atoms with Gasteiger partial charge < -0.3 is 14.8 Å². The Bertz CT molecular complexity index is 816. The molecule has 0 saturated heterocycles. The molecule has 0 aliphatic carbocycles. The molecular formula is C13H13N6O2+. The molecule has 0 fully saturated rings. The summed E-state index contributed by atoms with van der Waals surface area (Å²) in [6.07, 6.45) is 0. The minimum absolute atomic E-state index is 0.285. The van der Waals surface area contributed by atoms with E-state index in [0.29, 0.717) is 6.54 Å². The number of tetrazole rings is 1. The fourth-order valence-electron chi connectivity index (χ4n) is 2.19. The van der Waals surface area contributed by atoms with Gasteiger partial charge in [0.2, 0.25) is 6.79 Å². The number of hydrogen-bond donors (Lipinski definition) is 1. The van der Waals surface area contributed by atoms with Crippen LogP contribution in [0, 0.1) is 0 Å². The van der Waals surface area contributed by atoms with Crippen LogP contribution in [-0.4, -0.2) is 26.9 Å². The van der Waals surface area contributed by atoms with Crippen LogP contribution < -0.4 is 19.5 Å². The molecule has 8 heteroatoms. The Labute approximate surface area is 119 Å². The Balaban J connectivity index is 1.52. The van der Waals surface area contributed by atoms with Gasteiger partial charge in [-0.3, -0.25) is 0 Å². The van der Waals surface area contributed by atoms with Gasteiger partial charge in [0.05, 0.1) is 7.05 Å². The van der Waals surface area contributed by atoms with Crippen LogP contribution in [0.25, 0.3) is 5.65 Å². The molecule has 1 aliphatic heterocycles. The molecule has 21 heavy (non-hydrogen) atoms. The van der Waals surface area contributed by atoms with Gasteiger partial charge in [0.25, 0.3) is 0 Å². The molecule has 0 radical (unpaired) electrons. The number of fused-ring (bicyclic) bond motifs is 2. The summed E-state index contributed by atoms with van der Waals surface area (Å²) in [7, 11) is 1.82. The molecule has 8 nitrogen and oxygen atoms in total. The molecule has 0 amide bonds. The number of aromatic nitrogens is 5. The number of hydrogen-bond acceptors (Lipinski definition) is 6. The first kappa shape index (κ1) is 11.9. The van der Waals surface area contributed by atoms with Gasteiger partial charge in [0.1, 0.15) is 5.21 Å². The molecular weight excluding hydrogens is 272 g/mol. The summed E-state index contributed by atoms with van der Waals surface area (Å²) in [6.45, 7) is 0.920. The normalized spacial score (nSPS) is 12.8. The van der Waals surface area contributed by atoms with Crippen molar-refractivity contribution in [3.8, 4) is 11.5 Å². The Kier molecular flexibility index (Phi) is 2.59. The number of nitrogens with one attached hydrogen (secondary N) is 1. The first-order valence-electron chi connectivity index (χ1n) is 6.51. The second-order valence-corrected chi connectivity index (χ2v) is 4.71. The van der Waals surface area contributed by atoms with Crippen molar-refractivity contribution >= 4 is 11.5 Å². The molecule has 1 aliphatic rings. The summed E-state index contributed by atoms with van der Waals surface area (Å²) in [5.74, 6) is 2.29. The van der Waals surface area contributed by atoms with Crippen LogP contribution >= 0.6 is 0 Å². The van der Waals surface area contributed by atoms with Gasteiger partial charge in [-0.2, -0.15) is 0 Å². The Morgan fingerprint density at radius 3 is 3.10 bits per heavy atom. The topological polar surface area (TPSA) is 77.5 Å². The van der Waals surface area contributed by atoms with E-state index in [1.807, 2.05) is 37.4 Å². The van der Waals surface area contributed by atoms with E-state index in [1.165, 1.54) is 4.63 Å². The maximum Gasteiger partial charge on any atom is 0.310 e. The fourth-order valence-corrected chi connectivity index (χ4v) is 2.19. The number of rotatable bonds is 3. The number of benzene rings is 1. The molecule has 0 atom stereocenters. The summed E-state index contributed by atoms with van der Waals surface area (Å²) in [5, 5.41) is 15.4. The standard InChI is InChI=1S/C13H13N6O2/c1-18-13-5-4-12(15-19(13)17-16-18)14-7-9-2-3-10-11(6-9)21-8-20-10/h2-6H,7-8H2,1H3,(H,14,15)/q+1. The van der Waals surface area contributed by atoms with Crippen LogP contribution in [0.3, 0.4) is 0 Å². The van der Waals surface area contributed by atoms with E-state index in [0.717, 1.165) is 28.5 Å². The van der Waals surface area contributed by atoms with Crippen molar-refractivity contribution in [3.63, 3.8) is 0 Å². The van der Waals surface area contributed by atoms with Crippen molar-refractivity contribution in [2.45, 2.75) is 6.54 Å². The third kappa shape index (κ3) is 2.10. The fraction of sp³-hybridized carbons (Fsp3) is 0.231. The lowest BCUT2D eigenvalue weighted by Crippen LogP contribution is -2.30. The van der Waals surface area contributed by atoms with Crippen LogP contribution in [0.2, 0.25) is 0 Å². The highest BCUT2D eigenvalue weighted by Gasteiger charge is 2.14. The summed E-state index contributed by atoms with van der Waals surface area (Å²) >= 11 is 0. The predicted molar refractivity (Wildman–Crippen MR) is 71.8 cm³/mol. The Morgan fingerprint density at radius 2 is 2.14 bits per heavy atom. The van der Waals surface area contributed by atoms with Crippen LogP contribution in [0.15, 0.2) is 30.3 Å². The predicted octanol–water partition coefficient (Wildman–Crippen LogP) is 0.290. The zero-order valence-electron chi connectivity index (χ0n) is 11.4. The Hall–Kier alpha value is -2.90. The molecule has 3 aromatic rings. The van der Waals surface area contributed by atoms with E-state index in [-0.39, 0.29) is 6.79 Å². The van der Waals surface area contributed by atoms with Crippen molar-refractivity contribution in [2.75, 3.05) is 12.1 Å². The smallest absolute Gasteiger partial charge is 0.310 e. The molecule has 1 aromatic carbocycles. The highest BCUT2D eigenvalue weighted by Crippen LogP contribution is 2.32. The molecule has 0 unspecified atom stereocenters. The molecule has 0 saturated carbocycles.